The minimum Gasteiger partial charge on any atom is -0.481 e. The minimum atomic E-state index is -0.905. The van der Waals surface area contributed by atoms with Gasteiger partial charge in [0.1, 0.15) is 0 Å². The highest BCUT2D eigenvalue weighted by molar-refractivity contribution is 5.86. The number of rotatable bonds is 5. The van der Waals surface area contributed by atoms with Gasteiger partial charge in [-0.25, -0.2) is 0 Å². The number of benzene rings is 2. The van der Waals surface area contributed by atoms with E-state index in [2.05, 4.69) is 5.32 Å². The van der Waals surface area contributed by atoms with E-state index in [-0.39, 0.29) is 11.9 Å². The number of carboxylic acids is 1. The molecule has 2 N–H and O–H groups in total. The summed E-state index contributed by atoms with van der Waals surface area (Å²) in [6.45, 7) is 3.94. The molecule has 0 saturated heterocycles. The molecule has 0 aliphatic heterocycles. The third kappa shape index (κ3) is 4.27. The highest BCUT2D eigenvalue weighted by Gasteiger charge is 2.38. The van der Waals surface area contributed by atoms with Crippen molar-refractivity contribution in [1.82, 2.24) is 5.32 Å². The predicted octanol–water partition coefficient (Wildman–Crippen LogP) is 4.34. The molecule has 3 rings (SSSR count). The van der Waals surface area contributed by atoms with E-state index in [0.29, 0.717) is 12.8 Å². The molecule has 0 radical (unpaired) electrons. The Labute approximate surface area is 159 Å². The Hall–Kier alpha value is -2.88. The maximum atomic E-state index is 13.1. The van der Waals surface area contributed by atoms with Crippen molar-refractivity contribution >= 4 is 11.9 Å². The SMILES string of the molecule is CC1=C(C)C[C@@H](C(=O)O)[C@@H](C(=O)NC(c2ccccc2)c2ccccc2)C1. The van der Waals surface area contributed by atoms with Crippen molar-refractivity contribution in [3.05, 3.63) is 82.9 Å². The summed E-state index contributed by atoms with van der Waals surface area (Å²) in [5.74, 6) is -2.34. The Balaban J connectivity index is 1.89. The molecule has 140 valence electrons. The fraction of sp³-hybridized carbons (Fsp3) is 0.304. The molecule has 0 fully saturated rings. The van der Waals surface area contributed by atoms with Gasteiger partial charge in [0.05, 0.1) is 17.9 Å². The summed E-state index contributed by atoms with van der Waals surface area (Å²) in [7, 11) is 0. The van der Waals surface area contributed by atoms with Crippen molar-refractivity contribution in [2.45, 2.75) is 32.7 Å². The Morgan fingerprint density at radius 1 is 0.852 bits per heavy atom. The quantitative estimate of drug-likeness (QED) is 0.777. The number of carboxylic acid groups (broad SMARTS) is 1. The number of hydrogen-bond donors (Lipinski definition) is 2. The topological polar surface area (TPSA) is 66.4 Å². The molecule has 0 unspecified atom stereocenters. The van der Waals surface area contributed by atoms with Gasteiger partial charge in [-0.1, -0.05) is 71.8 Å². The van der Waals surface area contributed by atoms with Crippen molar-refractivity contribution in [3.63, 3.8) is 0 Å². The zero-order chi connectivity index (χ0) is 19.4. The Morgan fingerprint density at radius 3 is 1.74 bits per heavy atom. The van der Waals surface area contributed by atoms with E-state index >= 15 is 0 Å². The lowest BCUT2D eigenvalue weighted by Crippen LogP contribution is -2.41. The maximum Gasteiger partial charge on any atom is 0.307 e. The number of amides is 1. The summed E-state index contributed by atoms with van der Waals surface area (Å²) in [5.41, 5.74) is 4.14. The zero-order valence-electron chi connectivity index (χ0n) is 15.7. The van der Waals surface area contributed by atoms with Crippen LogP contribution in [-0.4, -0.2) is 17.0 Å². The third-order valence-corrected chi connectivity index (χ3v) is 5.47. The Bertz CT molecular complexity index is 803. The molecule has 1 amide bonds. The second kappa shape index (κ2) is 8.21. The predicted molar refractivity (Wildman–Crippen MR) is 105 cm³/mol. The zero-order valence-corrected chi connectivity index (χ0v) is 15.7. The first-order valence-electron chi connectivity index (χ1n) is 9.25. The van der Waals surface area contributed by atoms with Crippen molar-refractivity contribution < 1.29 is 14.7 Å². The number of hydrogen-bond acceptors (Lipinski definition) is 2. The molecule has 0 spiro atoms. The van der Waals surface area contributed by atoms with Crippen LogP contribution in [0.15, 0.2) is 71.8 Å². The van der Waals surface area contributed by atoms with E-state index in [1.807, 2.05) is 74.5 Å². The largest absolute Gasteiger partial charge is 0.481 e. The van der Waals surface area contributed by atoms with Gasteiger partial charge in [0.15, 0.2) is 0 Å². The van der Waals surface area contributed by atoms with Gasteiger partial charge in [-0.3, -0.25) is 9.59 Å². The van der Waals surface area contributed by atoms with Gasteiger partial charge in [0, 0.05) is 0 Å². The second-order valence-corrected chi connectivity index (χ2v) is 7.28. The van der Waals surface area contributed by atoms with Gasteiger partial charge >= 0.3 is 5.97 Å². The second-order valence-electron chi connectivity index (χ2n) is 7.28. The summed E-state index contributed by atoms with van der Waals surface area (Å²) in [6.07, 6.45) is 0.922. The number of aliphatic carboxylic acids is 1. The molecular formula is C23H25NO3. The van der Waals surface area contributed by atoms with Crippen LogP contribution in [0, 0.1) is 11.8 Å². The van der Waals surface area contributed by atoms with Crippen LogP contribution in [0.3, 0.4) is 0 Å². The molecule has 0 heterocycles. The standard InChI is InChI=1S/C23H25NO3/c1-15-13-19(20(23(26)27)14-16(15)2)22(25)24-21(17-9-5-3-6-10-17)18-11-7-4-8-12-18/h3-12,19-21H,13-14H2,1-2H3,(H,24,25)(H,26,27)/t19-,20+/m0/s1. The summed E-state index contributed by atoms with van der Waals surface area (Å²) >= 11 is 0. The molecule has 1 aliphatic carbocycles. The minimum absolute atomic E-state index is 0.202. The van der Waals surface area contributed by atoms with E-state index in [1.54, 1.807) is 0 Å². The molecule has 1 aliphatic rings. The number of nitrogens with one attached hydrogen (secondary N) is 1. The summed E-state index contributed by atoms with van der Waals surface area (Å²) in [5, 5.41) is 12.7. The van der Waals surface area contributed by atoms with Crippen molar-refractivity contribution in [2.75, 3.05) is 0 Å². The van der Waals surface area contributed by atoms with E-state index in [0.717, 1.165) is 22.3 Å². The number of carbonyl (C=O) groups excluding carboxylic acids is 1. The van der Waals surface area contributed by atoms with Crippen LogP contribution >= 0.6 is 0 Å². The highest BCUT2D eigenvalue weighted by atomic mass is 16.4. The van der Waals surface area contributed by atoms with E-state index < -0.39 is 17.8 Å². The molecular weight excluding hydrogens is 338 g/mol. The lowest BCUT2D eigenvalue weighted by molar-refractivity contribution is -0.147. The molecule has 0 saturated carbocycles. The van der Waals surface area contributed by atoms with Crippen molar-refractivity contribution in [3.8, 4) is 0 Å². The fourth-order valence-corrected chi connectivity index (χ4v) is 3.73. The van der Waals surface area contributed by atoms with Crippen LogP contribution in [0.4, 0.5) is 0 Å². The first-order valence-corrected chi connectivity index (χ1v) is 9.25. The monoisotopic (exact) mass is 363 g/mol. The molecule has 2 aromatic carbocycles. The van der Waals surface area contributed by atoms with Gasteiger partial charge in [0.2, 0.25) is 5.91 Å². The molecule has 0 aromatic heterocycles. The average molecular weight is 363 g/mol. The highest BCUT2D eigenvalue weighted by Crippen LogP contribution is 2.35. The number of allylic oxidation sites excluding steroid dienone is 2. The smallest absolute Gasteiger partial charge is 0.307 e. The van der Waals surface area contributed by atoms with Gasteiger partial charge in [0.25, 0.3) is 0 Å². The van der Waals surface area contributed by atoms with Crippen LogP contribution in [0.5, 0.6) is 0 Å². The van der Waals surface area contributed by atoms with Gasteiger partial charge < -0.3 is 10.4 Å². The normalized spacial score (nSPS) is 19.8. The van der Waals surface area contributed by atoms with Crippen molar-refractivity contribution in [1.29, 1.82) is 0 Å². The molecule has 4 heteroatoms. The Morgan fingerprint density at radius 2 is 1.30 bits per heavy atom. The van der Waals surface area contributed by atoms with Crippen LogP contribution in [0.25, 0.3) is 0 Å². The van der Waals surface area contributed by atoms with Gasteiger partial charge in [-0.05, 0) is 37.8 Å². The fourth-order valence-electron chi connectivity index (χ4n) is 3.73. The molecule has 2 aromatic rings. The first-order chi connectivity index (χ1) is 13.0. The van der Waals surface area contributed by atoms with E-state index in [1.165, 1.54) is 0 Å². The molecule has 2 atom stereocenters. The lowest BCUT2D eigenvalue weighted by Gasteiger charge is -2.31. The third-order valence-electron chi connectivity index (χ3n) is 5.47. The summed E-state index contributed by atoms with van der Waals surface area (Å²) < 4.78 is 0. The summed E-state index contributed by atoms with van der Waals surface area (Å²) in [6, 6.07) is 19.2. The van der Waals surface area contributed by atoms with Crippen molar-refractivity contribution in [2.24, 2.45) is 11.8 Å². The van der Waals surface area contributed by atoms with E-state index in [9.17, 15) is 14.7 Å². The lowest BCUT2D eigenvalue weighted by atomic mass is 9.76. The van der Waals surface area contributed by atoms with Gasteiger partial charge in [-0.15, -0.1) is 0 Å². The van der Waals surface area contributed by atoms with Crippen LogP contribution in [0.1, 0.15) is 43.9 Å². The average Bonchev–Trinajstić information content (AvgIpc) is 2.68. The molecule has 0 bridgehead atoms. The maximum absolute atomic E-state index is 13.1. The van der Waals surface area contributed by atoms with Gasteiger partial charge in [-0.2, -0.15) is 0 Å². The molecule has 27 heavy (non-hydrogen) atoms. The van der Waals surface area contributed by atoms with E-state index in [4.69, 9.17) is 0 Å². The van der Waals surface area contributed by atoms with Crippen LogP contribution < -0.4 is 5.32 Å². The molecule has 4 nitrogen and oxygen atoms in total. The number of carbonyl (C=O) groups is 2. The first kappa shape index (κ1) is 18.9. The Kier molecular flexibility index (Phi) is 5.75. The van der Waals surface area contributed by atoms with Crippen LogP contribution in [0.2, 0.25) is 0 Å². The summed E-state index contributed by atoms with van der Waals surface area (Å²) in [4.78, 5) is 24.9. The van der Waals surface area contributed by atoms with Crippen LogP contribution in [-0.2, 0) is 9.59 Å².